The van der Waals surface area contributed by atoms with Gasteiger partial charge >= 0.3 is 0 Å². The van der Waals surface area contributed by atoms with Crippen LogP contribution < -0.4 is 0 Å². The zero-order valence-corrected chi connectivity index (χ0v) is 11.8. The van der Waals surface area contributed by atoms with Crippen molar-refractivity contribution >= 4 is 11.3 Å². The molecule has 0 unspecified atom stereocenters. The highest BCUT2D eigenvalue weighted by molar-refractivity contribution is 7.09. The second-order valence-corrected chi connectivity index (χ2v) is 6.77. The highest BCUT2D eigenvalue weighted by Gasteiger charge is 2.25. The topological polar surface area (TPSA) is 36.4 Å². The first-order valence-corrected chi connectivity index (χ1v) is 7.18. The van der Waals surface area contributed by atoms with Gasteiger partial charge in [0.05, 0.1) is 18.8 Å². The highest BCUT2D eigenvalue weighted by atomic mass is 32.1. The maximum absolute atomic E-state index is 9.29. The van der Waals surface area contributed by atoms with E-state index in [0.29, 0.717) is 6.04 Å². The van der Waals surface area contributed by atoms with Crippen LogP contribution in [0.25, 0.3) is 0 Å². The maximum atomic E-state index is 9.29. The molecule has 2 heterocycles. The standard InChI is InChI=1S/C13H22N2OS/c1-13(2,3)11-9-17-12(14-11)7-15-6-4-5-10(15)8-16/h9-10,16H,4-8H2,1-3H3/t10-/m1/s1. The number of likely N-dealkylation sites (tertiary alicyclic amines) is 1. The first-order chi connectivity index (χ1) is 8.00. The van der Waals surface area contributed by atoms with E-state index in [-0.39, 0.29) is 12.0 Å². The van der Waals surface area contributed by atoms with Gasteiger partial charge in [0.25, 0.3) is 0 Å². The number of hydrogen-bond donors (Lipinski definition) is 1. The van der Waals surface area contributed by atoms with Gasteiger partial charge in [0, 0.05) is 16.8 Å². The molecular weight excluding hydrogens is 232 g/mol. The predicted molar refractivity (Wildman–Crippen MR) is 71.3 cm³/mol. The molecule has 0 aliphatic carbocycles. The number of aromatic nitrogens is 1. The Labute approximate surface area is 107 Å². The van der Waals surface area contributed by atoms with Gasteiger partial charge in [-0.2, -0.15) is 0 Å². The molecule has 1 saturated heterocycles. The molecule has 96 valence electrons. The molecular formula is C13H22N2OS. The quantitative estimate of drug-likeness (QED) is 0.900. The number of thiazole rings is 1. The van der Waals surface area contributed by atoms with Gasteiger partial charge in [0.2, 0.25) is 0 Å². The molecule has 3 nitrogen and oxygen atoms in total. The zero-order chi connectivity index (χ0) is 12.5. The smallest absolute Gasteiger partial charge is 0.107 e. The van der Waals surface area contributed by atoms with E-state index in [1.807, 2.05) is 0 Å². The summed E-state index contributed by atoms with van der Waals surface area (Å²) >= 11 is 1.74. The molecule has 1 atom stereocenters. The van der Waals surface area contributed by atoms with Gasteiger partial charge < -0.3 is 5.11 Å². The van der Waals surface area contributed by atoms with Gasteiger partial charge in [-0.25, -0.2) is 4.98 Å². The Hall–Kier alpha value is -0.450. The van der Waals surface area contributed by atoms with E-state index in [4.69, 9.17) is 4.98 Å². The van der Waals surface area contributed by atoms with Gasteiger partial charge in [-0.15, -0.1) is 11.3 Å². The summed E-state index contributed by atoms with van der Waals surface area (Å²) in [6.45, 7) is 8.84. The van der Waals surface area contributed by atoms with Crippen molar-refractivity contribution in [2.24, 2.45) is 0 Å². The Balaban J connectivity index is 2.02. The van der Waals surface area contributed by atoms with Gasteiger partial charge in [0.1, 0.15) is 5.01 Å². The molecule has 1 N–H and O–H groups in total. The van der Waals surface area contributed by atoms with Crippen LogP contribution in [0.2, 0.25) is 0 Å². The molecule has 17 heavy (non-hydrogen) atoms. The maximum Gasteiger partial charge on any atom is 0.107 e. The molecule has 1 aliphatic heterocycles. The van der Waals surface area contributed by atoms with Gasteiger partial charge in [-0.05, 0) is 19.4 Å². The van der Waals surface area contributed by atoms with Crippen molar-refractivity contribution in [1.82, 2.24) is 9.88 Å². The molecule has 4 heteroatoms. The average Bonchev–Trinajstić information content (AvgIpc) is 2.86. The lowest BCUT2D eigenvalue weighted by Gasteiger charge is -2.21. The summed E-state index contributed by atoms with van der Waals surface area (Å²) in [6.07, 6.45) is 2.32. The molecule has 1 aromatic heterocycles. The molecule has 1 aromatic rings. The summed E-state index contributed by atoms with van der Waals surface area (Å²) in [5, 5.41) is 12.6. The van der Waals surface area contributed by atoms with Crippen molar-refractivity contribution in [3.8, 4) is 0 Å². The van der Waals surface area contributed by atoms with E-state index in [1.54, 1.807) is 11.3 Å². The zero-order valence-electron chi connectivity index (χ0n) is 10.9. The van der Waals surface area contributed by atoms with Crippen LogP contribution in [0.5, 0.6) is 0 Å². The lowest BCUT2D eigenvalue weighted by Crippen LogP contribution is -2.31. The summed E-state index contributed by atoms with van der Waals surface area (Å²) in [4.78, 5) is 7.06. The van der Waals surface area contributed by atoms with Crippen molar-refractivity contribution in [3.05, 3.63) is 16.1 Å². The number of aliphatic hydroxyl groups is 1. The molecule has 1 aliphatic rings. The van der Waals surface area contributed by atoms with Crippen molar-refractivity contribution in [2.75, 3.05) is 13.2 Å². The Morgan fingerprint density at radius 3 is 2.88 bits per heavy atom. The number of rotatable bonds is 3. The second-order valence-electron chi connectivity index (χ2n) is 5.83. The number of aliphatic hydroxyl groups excluding tert-OH is 1. The van der Waals surface area contributed by atoms with Crippen LogP contribution in [0.4, 0.5) is 0 Å². The third-order valence-electron chi connectivity index (χ3n) is 3.37. The van der Waals surface area contributed by atoms with E-state index in [0.717, 1.165) is 19.5 Å². The van der Waals surface area contributed by atoms with E-state index >= 15 is 0 Å². The van der Waals surface area contributed by atoms with Crippen LogP contribution in [0.15, 0.2) is 5.38 Å². The van der Waals surface area contributed by atoms with Crippen molar-refractivity contribution in [2.45, 2.75) is 51.6 Å². The Morgan fingerprint density at radius 1 is 1.53 bits per heavy atom. The minimum Gasteiger partial charge on any atom is -0.395 e. The molecule has 0 bridgehead atoms. The fourth-order valence-electron chi connectivity index (χ4n) is 2.21. The predicted octanol–water partition coefficient (Wildman–Crippen LogP) is 2.40. The van der Waals surface area contributed by atoms with E-state index in [2.05, 4.69) is 31.1 Å². The lowest BCUT2D eigenvalue weighted by molar-refractivity contribution is 0.153. The van der Waals surface area contributed by atoms with Crippen LogP contribution in [0, 0.1) is 0 Å². The normalized spacial score (nSPS) is 22.2. The van der Waals surface area contributed by atoms with E-state index < -0.39 is 0 Å². The third-order valence-corrected chi connectivity index (χ3v) is 4.20. The van der Waals surface area contributed by atoms with Gasteiger partial charge in [-0.3, -0.25) is 4.90 Å². The summed E-state index contributed by atoms with van der Waals surface area (Å²) < 4.78 is 0. The molecule has 0 amide bonds. The largest absolute Gasteiger partial charge is 0.395 e. The lowest BCUT2D eigenvalue weighted by atomic mass is 9.93. The van der Waals surface area contributed by atoms with Crippen LogP contribution in [-0.2, 0) is 12.0 Å². The molecule has 0 radical (unpaired) electrons. The van der Waals surface area contributed by atoms with Crippen LogP contribution >= 0.6 is 11.3 Å². The molecule has 1 fully saturated rings. The third kappa shape index (κ3) is 3.06. The fraction of sp³-hybridized carbons (Fsp3) is 0.769. The summed E-state index contributed by atoms with van der Waals surface area (Å²) in [5.41, 5.74) is 1.31. The Bertz CT molecular complexity index is 370. The molecule has 2 rings (SSSR count). The average molecular weight is 254 g/mol. The second kappa shape index (κ2) is 5.04. The molecule has 0 saturated carbocycles. The van der Waals surface area contributed by atoms with E-state index in [9.17, 15) is 5.11 Å². The van der Waals surface area contributed by atoms with Crippen LogP contribution in [0.3, 0.4) is 0 Å². The van der Waals surface area contributed by atoms with Crippen molar-refractivity contribution < 1.29 is 5.11 Å². The SMILES string of the molecule is CC(C)(C)c1csc(CN2CCC[C@@H]2CO)n1. The van der Waals surface area contributed by atoms with Gasteiger partial charge in [0.15, 0.2) is 0 Å². The monoisotopic (exact) mass is 254 g/mol. The number of hydrogen-bond acceptors (Lipinski definition) is 4. The van der Waals surface area contributed by atoms with Crippen LogP contribution in [-0.4, -0.2) is 34.2 Å². The summed E-state index contributed by atoms with van der Waals surface area (Å²) in [5.74, 6) is 0. The summed E-state index contributed by atoms with van der Waals surface area (Å²) in [6, 6.07) is 0.344. The first-order valence-electron chi connectivity index (χ1n) is 6.30. The molecule has 0 spiro atoms. The van der Waals surface area contributed by atoms with E-state index in [1.165, 1.54) is 17.1 Å². The van der Waals surface area contributed by atoms with Crippen molar-refractivity contribution in [1.29, 1.82) is 0 Å². The summed E-state index contributed by atoms with van der Waals surface area (Å²) in [7, 11) is 0. The number of nitrogens with zero attached hydrogens (tertiary/aromatic N) is 2. The van der Waals surface area contributed by atoms with Crippen LogP contribution in [0.1, 0.15) is 44.3 Å². The minimum atomic E-state index is 0.135. The molecule has 0 aromatic carbocycles. The Morgan fingerprint density at radius 2 is 2.29 bits per heavy atom. The highest BCUT2D eigenvalue weighted by Crippen LogP contribution is 2.26. The minimum absolute atomic E-state index is 0.135. The van der Waals surface area contributed by atoms with Crippen molar-refractivity contribution in [3.63, 3.8) is 0 Å². The Kier molecular flexibility index (Phi) is 3.85. The fourth-order valence-corrected chi connectivity index (χ4v) is 3.26. The first kappa shape index (κ1) is 13.0. The van der Waals surface area contributed by atoms with Gasteiger partial charge in [-0.1, -0.05) is 20.8 Å².